The highest BCUT2D eigenvalue weighted by molar-refractivity contribution is 5.80. The van der Waals surface area contributed by atoms with Gasteiger partial charge < -0.3 is 13.6 Å². The molecule has 8 heteroatoms. The van der Waals surface area contributed by atoms with Gasteiger partial charge in [0.05, 0.1) is 12.6 Å². The van der Waals surface area contributed by atoms with Gasteiger partial charge in [-0.2, -0.15) is 0 Å². The number of hydrogen-bond donors (Lipinski definition) is 0. The molecular formula is C32H35N3O5. The van der Waals surface area contributed by atoms with Crippen molar-refractivity contribution in [2.75, 3.05) is 6.61 Å². The number of nitrogens with zero attached hydrogens (tertiary/aromatic N) is 3. The highest BCUT2D eigenvalue weighted by atomic mass is 16.5. The lowest BCUT2D eigenvalue weighted by Crippen LogP contribution is -2.40. The number of ether oxygens (including phenoxy) is 1. The van der Waals surface area contributed by atoms with Crippen LogP contribution in [0.1, 0.15) is 77.2 Å². The lowest BCUT2D eigenvalue weighted by atomic mass is 9.95. The Morgan fingerprint density at radius 3 is 2.33 bits per heavy atom. The van der Waals surface area contributed by atoms with Gasteiger partial charge in [-0.05, 0) is 69.0 Å². The molecule has 8 nitrogen and oxygen atoms in total. The quantitative estimate of drug-likeness (QED) is 0.279. The first-order valence-electron chi connectivity index (χ1n) is 14.6. The van der Waals surface area contributed by atoms with E-state index in [0.29, 0.717) is 34.7 Å². The van der Waals surface area contributed by atoms with Crippen molar-refractivity contribution in [2.45, 2.75) is 83.2 Å². The number of aromatic nitrogens is 2. The SMILES string of the molecule is CCOc1ccc(-c2oc(=NC3CCCCC3)n(C3CCCCC3)c(=O)c2-c2nc3ccccc3oc2=O)cc1. The minimum atomic E-state index is -0.676. The molecule has 0 bridgehead atoms. The zero-order chi connectivity index (χ0) is 27.5. The number of rotatable bonds is 6. The minimum Gasteiger partial charge on any atom is -0.494 e. The van der Waals surface area contributed by atoms with Crippen LogP contribution in [-0.2, 0) is 0 Å². The summed E-state index contributed by atoms with van der Waals surface area (Å²) in [4.78, 5) is 37.6. The molecule has 4 aromatic rings. The van der Waals surface area contributed by atoms with E-state index >= 15 is 0 Å². The van der Waals surface area contributed by atoms with E-state index in [4.69, 9.17) is 18.6 Å². The monoisotopic (exact) mass is 541 g/mol. The van der Waals surface area contributed by atoms with Gasteiger partial charge in [0.15, 0.2) is 17.0 Å². The van der Waals surface area contributed by atoms with Crippen LogP contribution in [0.15, 0.2) is 71.9 Å². The van der Waals surface area contributed by atoms with Crippen LogP contribution in [0.4, 0.5) is 0 Å². The van der Waals surface area contributed by atoms with Crippen molar-refractivity contribution in [2.24, 2.45) is 4.99 Å². The van der Waals surface area contributed by atoms with Crippen molar-refractivity contribution in [1.29, 1.82) is 0 Å². The molecule has 0 saturated heterocycles. The molecule has 0 radical (unpaired) electrons. The van der Waals surface area contributed by atoms with Gasteiger partial charge in [0.2, 0.25) is 0 Å². The van der Waals surface area contributed by atoms with Crippen LogP contribution in [0.25, 0.3) is 33.7 Å². The second-order valence-electron chi connectivity index (χ2n) is 10.8. The van der Waals surface area contributed by atoms with Crippen molar-refractivity contribution < 1.29 is 13.6 Å². The van der Waals surface area contributed by atoms with Gasteiger partial charge in [-0.3, -0.25) is 9.36 Å². The average molecular weight is 542 g/mol. The Balaban J connectivity index is 1.64. The summed E-state index contributed by atoms with van der Waals surface area (Å²) < 4.78 is 19.6. The molecule has 2 aromatic heterocycles. The van der Waals surface area contributed by atoms with Gasteiger partial charge in [0, 0.05) is 11.6 Å². The first-order chi connectivity index (χ1) is 19.6. The molecule has 6 rings (SSSR count). The average Bonchev–Trinajstić information content (AvgIpc) is 2.98. The highest BCUT2D eigenvalue weighted by Crippen LogP contribution is 2.31. The maximum Gasteiger partial charge on any atom is 0.363 e. The fraction of sp³-hybridized carbons (Fsp3) is 0.438. The molecule has 40 heavy (non-hydrogen) atoms. The van der Waals surface area contributed by atoms with E-state index in [1.54, 1.807) is 22.8 Å². The van der Waals surface area contributed by atoms with Gasteiger partial charge >= 0.3 is 11.3 Å². The van der Waals surface area contributed by atoms with E-state index in [-0.39, 0.29) is 34.7 Å². The summed E-state index contributed by atoms with van der Waals surface area (Å²) in [5.74, 6) is 0.976. The minimum absolute atomic E-state index is 0.0482. The third-order valence-corrected chi connectivity index (χ3v) is 8.02. The van der Waals surface area contributed by atoms with Gasteiger partial charge in [0.1, 0.15) is 16.8 Å². The van der Waals surface area contributed by atoms with Gasteiger partial charge in [-0.1, -0.05) is 50.7 Å². The Labute approximate surface area is 232 Å². The predicted octanol–water partition coefficient (Wildman–Crippen LogP) is 6.41. The summed E-state index contributed by atoms with van der Waals surface area (Å²) in [7, 11) is 0. The summed E-state index contributed by atoms with van der Waals surface area (Å²) in [6.45, 7) is 2.47. The van der Waals surface area contributed by atoms with E-state index in [1.807, 2.05) is 37.3 Å². The first-order valence-corrected chi connectivity index (χ1v) is 14.6. The summed E-state index contributed by atoms with van der Waals surface area (Å²) >= 11 is 0. The Hall–Kier alpha value is -3.94. The van der Waals surface area contributed by atoms with Crippen LogP contribution in [0.5, 0.6) is 5.75 Å². The zero-order valence-corrected chi connectivity index (χ0v) is 22.9. The molecular weight excluding hydrogens is 506 g/mol. The zero-order valence-electron chi connectivity index (χ0n) is 22.9. The third kappa shape index (κ3) is 5.27. The molecule has 2 saturated carbocycles. The number of benzene rings is 2. The number of para-hydroxylation sites is 2. The Morgan fingerprint density at radius 1 is 0.900 bits per heavy atom. The Kier molecular flexibility index (Phi) is 7.66. The van der Waals surface area contributed by atoms with Crippen molar-refractivity contribution in [3.8, 4) is 28.3 Å². The predicted molar refractivity (Wildman–Crippen MR) is 153 cm³/mol. The molecule has 0 spiro atoms. The van der Waals surface area contributed by atoms with Crippen LogP contribution >= 0.6 is 0 Å². The molecule has 2 fully saturated rings. The van der Waals surface area contributed by atoms with Crippen molar-refractivity contribution in [3.05, 3.63) is 75.0 Å². The van der Waals surface area contributed by atoms with Crippen molar-refractivity contribution in [1.82, 2.24) is 9.55 Å². The van der Waals surface area contributed by atoms with E-state index in [0.717, 1.165) is 57.8 Å². The smallest absolute Gasteiger partial charge is 0.363 e. The van der Waals surface area contributed by atoms with Gasteiger partial charge in [-0.15, -0.1) is 0 Å². The molecule has 2 aliphatic carbocycles. The van der Waals surface area contributed by atoms with Crippen LogP contribution in [-0.4, -0.2) is 22.2 Å². The van der Waals surface area contributed by atoms with E-state index in [1.165, 1.54) is 6.42 Å². The van der Waals surface area contributed by atoms with Gasteiger partial charge in [-0.25, -0.2) is 14.8 Å². The summed E-state index contributed by atoms with van der Waals surface area (Å²) in [5.41, 5.74) is 0.906. The summed E-state index contributed by atoms with van der Waals surface area (Å²) in [5, 5.41) is 0. The van der Waals surface area contributed by atoms with Gasteiger partial charge in [0.25, 0.3) is 5.56 Å². The number of fused-ring (bicyclic) bond motifs is 1. The molecule has 2 aliphatic rings. The van der Waals surface area contributed by atoms with E-state index in [2.05, 4.69) is 4.98 Å². The second-order valence-corrected chi connectivity index (χ2v) is 10.8. The van der Waals surface area contributed by atoms with Crippen LogP contribution in [0.3, 0.4) is 0 Å². The standard InChI is InChI=1S/C32H35N3O5/c1-2-38-24-19-17-21(18-20-24)29-27(28-31(37)39-26-16-10-9-15-25(26)34-28)30(36)35(23-13-7-4-8-14-23)32(40-29)33-22-11-5-3-6-12-22/h9-10,15-20,22-23H,2-8,11-14H2,1H3. The van der Waals surface area contributed by atoms with Crippen molar-refractivity contribution in [3.63, 3.8) is 0 Å². The van der Waals surface area contributed by atoms with Crippen molar-refractivity contribution >= 4 is 11.1 Å². The summed E-state index contributed by atoms with van der Waals surface area (Å²) in [6, 6.07) is 14.5. The molecule has 2 heterocycles. The maximum atomic E-state index is 14.6. The number of hydrogen-bond acceptors (Lipinski definition) is 7. The van der Waals surface area contributed by atoms with E-state index in [9.17, 15) is 9.59 Å². The normalized spacial score (nSPS) is 17.4. The maximum absolute atomic E-state index is 14.6. The fourth-order valence-electron chi connectivity index (χ4n) is 6.00. The highest BCUT2D eigenvalue weighted by Gasteiger charge is 2.28. The fourth-order valence-corrected chi connectivity index (χ4v) is 6.00. The largest absolute Gasteiger partial charge is 0.494 e. The Morgan fingerprint density at radius 2 is 1.60 bits per heavy atom. The lowest BCUT2D eigenvalue weighted by Gasteiger charge is -2.25. The van der Waals surface area contributed by atoms with Crippen LogP contribution < -0.4 is 21.6 Å². The first kappa shape index (κ1) is 26.3. The van der Waals surface area contributed by atoms with Crippen LogP contribution in [0.2, 0.25) is 0 Å². The molecule has 0 unspecified atom stereocenters. The van der Waals surface area contributed by atoms with Crippen LogP contribution in [0, 0.1) is 0 Å². The molecule has 0 N–H and O–H groups in total. The second kappa shape index (κ2) is 11.7. The molecule has 0 aliphatic heterocycles. The van der Waals surface area contributed by atoms with E-state index < -0.39 is 5.63 Å². The third-order valence-electron chi connectivity index (χ3n) is 8.02. The topological polar surface area (TPSA) is 99.8 Å². The molecule has 2 aromatic carbocycles. The molecule has 0 atom stereocenters. The molecule has 0 amide bonds. The summed E-state index contributed by atoms with van der Waals surface area (Å²) in [6.07, 6.45) is 10.3. The Bertz CT molecular complexity index is 1670. The lowest BCUT2D eigenvalue weighted by molar-refractivity contribution is 0.288. The molecule has 208 valence electrons.